The van der Waals surface area contributed by atoms with Gasteiger partial charge in [-0.1, -0.05) is 62.3 Å². The first-order chi connectivity index (χ1) is 22.9. The predicted molar refractivity (Wildman–Crippen MR) is 203 cm³/mol. The Morgan fingerprint density at radius 1 is 0.755 bits per heavy atom. The summed E-state index contributed by atoms with van der Waals surface area (Å²) >= 11 is 0. The third kappa shape index (κ3) is 10.3. The molecule has 0 saturated carbocycles. The summed E-state index contributed by atoms with van der Waals surface area (Å²) in [4.78, 5) is 13.5. The van der Waals surface area contributed by atoms with Gasteiger partial charge in [0.15, 0.2) is 25.0 Å². The molecule has 0 spiro atoms. The molecule has 0 aromatic carbocycles. The Bertz CT molecular complexity index is 1070. The van der Waals surface area contributed by atoms with E-state index in [1.165, 1.54) is 14.2 Å². The van der Waals surface area contributed by atoms with Crippen LogP contribution in [-0.2, 0) is 45.9 Å². The van der Waals surface area contributed by atoms with E-state index in [4.69, 9.17) is 36.5 Å². The predicted octanol–water partition coefficient (Wildman–Crippen LogP) is 8.71. The van der Waals surface area contributed by atoms with Crippen LogP contribution >= 0.6 is 7.60 Å². The molecule has 3 fully saturated rings. The van der Waals surface area contributed by atoms with Crippen molar-refractivity contribution in [3.8, 4) is 0 Å². The highest BCUT2D eigenvalue weighted by atomic mass is 31.2. The zero-order valence-corrected chi connectivity index (χ0v) is 37.0. The van der Waals surface area contributed by atoms with E-state index in [1.54, 1.807) is 0 Å². The Balaban J connectivity index is 1.96. The van der Waals surface area contributed by atoms with Gasteiger partial charge in [0, 0.05) is 27.2 Å². The number of ketones is 1. The topological polar surface area (TPSA) is 108 Å². The molecular formula is C35H71O10PSi3. The van der Waals surface area contributed by atoms with Gasteiger partial charge in [0.1, 0.15) is 42.5 Å². The molecule has 0 aromatic heterocycles. The normalized spacial score (nSPS) is 29.9. The zero-order valence-electron chi connectivity index (χ0n) is 33.1. The fraction of sp³-hybridized carbons (Fsp3) is 0.971. The van der Waals surface area contributed by atoms with E-state index in [1.807, 2.05) is 0 Å². The summed E-state index contributed by atoms with van der Waals surface area (Å²) < 4.78 is 65.1. The second kappa shape index (κ2) is 18.0. The zero-order chi connectivity index (χ0) is 36.8. The van der Waals surface area contributed by atoms with Gasteiger partial charge < -0.3 is 36.5 Å². The van der Waals surface area contributed by atoms with E-state index in [9.17, 15) is 9.36 Å². The highest BCUT2D eigenvalue weighted by molar-refractivity contribution is 7.54. The molecule has 288 valence electrons. The monoisotopic (exact) mass is 766 g/mol. The lowest BCUT2D eigenvalue weighted by molar-refractivity contribution is -0.255. The lowest BCUT2D eigenvalue weighted by atomic mass is 9.88. The minimum absolute atomic E-state index is 0.0353. The number of Topliss-reactive ketones (excluding diaryl/α,β-unsaturated/α-hetero) is 1. The molecule has 0 unspecified atom stereocenters. The molecule has 0 bridgehead atoms. The number of rotatable bonds is 20. The molecule has 49 heavy (non-hydrogen) atoms. The number of carbonyl (C=O) groups is 1. The van der Waals surface area contributed by atoms with E-state index in [2.05, 4.69) is 75.4 Å². The standard InChI is InChI=1S/C35H71O10PSi3/c1-14-48(15-2,16-3)44-31-29(24-26(36)25-46(37,38-10)39-11)43-33-32(31)42-28-21-20-27(22-23-40-47(12,13)35(7,8)9)41-30(28)34(33)45-49(17-4,18-5)19-6/h27-34H,14-25H2,1-13H3/t27-,28+,29+,30+,31+,32+,33-,34+/m1/s1. The highest BCUT2D eigenvalue weighted by Crippen LogP contribution is 2.48. The molecule has 0 aliphatic carbocycles. The Labute approximate surface area is 301 Å². The van der Waals surface area contributed by atoms with E-state index >= 15 is 0 Å². The van der Waals surface area contributed by atoms with Gasteiger partial charge in [-0.25, -0.2) is 0 Å². The molecule has 3 rings (SSSR count). The van der Waals surface area contributed by atoms with E-state index in [0.29, 0.717) is 6.61 Å². The Morgan fingerprint density at radius 3 is 1.76 bits per heavy atom. The van der Waals surface area contributed by atoms with Gasteiger partial charge in [-0.15, -0.1) is 0 Å². The van der Waals surface area contributed by atoms with Crippen molar-refractivity contribution >= 4 is 38.3 Å². The van der Waals surface area contributed by atoms with Crippen molar-refractivity contribution in [1.29, 1.82) is 0 Å². The van der Waals surface area contributed by atoms with Crippen molar-refractivity contribution < 1.29 is 45.9 Å². The fourth-order valence-corrected chi connectivity index (χ4v) is 15.2. The number of fused-ring (bicyclic) bond motifs is 2. The summed E-state index contributed by atoms with van der Waals surface area (Å²) in [6.45, 7) is 25.4. The van der Waals surface area contributed by atoms with Crippen LogP contribution in [0.3, 0.4) is 0 Å². The quantitative estimate of drug-likeness (QED) is 0.0882. The van der Waals surface area contributed by atoms with Gasteiger partial charge >= 0.3 is 7.60 Å². The van der Waals surface area contributed by atoms with Crippen LogP contribution in [0.5, 0.6) is 0 Å². The van der Waals surface area contributed by atoms with Crippen LogP contribution in [0.1, 0.15) is 88.0 Å². The average molecular weight is 767 g/mol. The van der Waals surface area contributed by atoms with Crippen molar-refractivity contribution in [3.63, 3.8) is 0 Å². The Morgan fingerprint density at radius 2 is 1.27 bits per heavy atom. The van der Waals surface area contributed by atoms with Crippen molar-refractivity contribution in [3.05, 3.63) is 0 Å². The maximum absolute atomic E-state index is 13.5. The van der Waals surface area contributed by atoms with Crippen LogP contribution in [0, 0.1) is 0 Å². The molecule has 3 aliphatic heterocycles. The maximum Gasteiger partial charge on any atom is 0.337 e. The Kier molecular flexibility index (Phi) is 16.1. The molecule has 3 aliphatic rings. The van der Waals surface area contributed by atoms with E-state index < -0.39 is 57.0 Å². The maximum atomic E-state index is 13.5. The molecule has 0 amide bonds. The molecule has 8 atom stereocenters. The number of hydrogen-bond donors (Lipinski definition) is 0. The van der Waals surface area contributed by atoms with Crippen LogP contribution < -0.4 is 0 Å². The first-order valence-electron chi connectivity index (χ1n) is 19.1. The van der Waals surface area contributed by atoms with Crippen LogP contribution in [0.4, 0.5) is 0 Å². The van der Waals surface area contributed by atoms with Gasteiger partial charge in [0.25, 0.3) is 0 Å². The van der Waals surface area contributed by atoms with Crippen molar-refractivity contribution in [1.82, 2.24) is 0 Å². The number of carbonyl (C=O) groups excluding carboxylic acids is 1. The first-order valence-corrected chi connectivity index (χ1v) is 28.8. The molecule has 10 nitrogen and oxygen atoms in total. The molecule has 0 N–H and O–H groups in total. The second-order valence-corrected chi connectivity index (χ2v) is 32.5. The number of hydrogen-bond acceptors (Lipinski definition) is 10. The van der Waals surface area contributed by atoms with Gasteiger partial charge in [-0.05, 0) is 73.7 Å². The second-order valence-electron chi connectivity index (χ2n) is 16.0. The highest BCUT2D eigenvalue weighted by Gasteiger charge is 2.60. The van der Waals surface area contributed by atoms with Gasteiger partial charge in [0.2, 0.25) is 0 Å². The molecule has 3 saturated heterocycles. The molecular weight excluding hydrogens is 696 g/mol. The van der Waals surface area contributed by atoms with E-state index in [-0.39, 0.29) is 47.8 Å². The van der Waals surface area contributed by atoms with Crippen LogP contribution in [-0.4, -0.2) is 107 Å². The minimum Gasteiger partial charge on any atom is -0.417 e. The summed E-state index contributed by atoms with van der Waals surface area (Å²) in [5, 5.41) is 0.152. The Hall–Kier alpha value is 0.231. The third-order valence-corrected chi connectivity index (χ3v) is 28.2. The summed E-state index contributed by atoms with van der Waals surface area (Å²) in [5.41, 5.74) is 0. The SMILES string of the molecule is CC[Si](CC)(CC)O[C@@H]1[C@@H]2O[C@@H](CC(=O)CP(=O)(OC)OC)[C@H](O[Si](CC)(CC)CC)[C@@H]2O[C@H]2CC[C@H](CCO[Si](C)(C)C(C)(C)C)O[C@H]12. The summed E-state index contributed by atoms with van der Waals surface area (Å²) in [6.07, 6.45) is -0.287. The smallest absolute Gasteiger partial charge is 0.337 e. The van der Waals surface area contributed by atoms with Gasteiger partial charge in [-0.3, -0.25) is 9.36 Å². The van der Waals surface area contributed by atoms with Crippen LogP contribution in [0.25, 0.3) is 0 Å². The van der Waals surface area contributed by atoms with E-state index in [0.717, 1.165) is 55.5 Å². The van der Waals surface area contributed by atoms with Crippen LogP contribution in [0.2, 0.25) is 54.4 Å². The third-order valence-electron chi connectivity index (χ3n) is 12.5. The fourth-order valence-electron chi connectivity index (χ4n) is 7.49. The number of ether oxygens (including phenoxy) is 3. The lowest BCUT2D eigenvalue weighted by Crippen LogP contribution is -2.65. The molecule has 0 radical (unpaired) electrons. The molecule has 3 heterocycles. The van der Waals surface area contributed by atoms with Crippen molar-refractivity contribution in [2.75, 3.05) is 27.0 Å². The average Bonchev–Trinajstić information content (AvgIpc) is 3.40. The molecule has 0 aromatic rings. The van der Waals surface area contributed by atoms with Gasteiger partial charge in [-0.2, -0.15) is 0 Å². The minimum atomic E-state index is -3.53. The lowest BCUT2D eigenvalue weighted by Gasteiger charge is -2.51. The van der Waals surface area contributed by atoms with Gasteiger partial charge in [0.05, 0.1) is 18.3 Å². The summed E-state index contributed by atoms with van der Waals surface area (Å²) in [5.74, 6) is -0.242. The largest absolute Gasteiger partial charge is 0.417 e. The van der Waals surface area contributed by atoms with Crippen molar-refractivity contribution in [2.45, 2.75) is 191 Å². The molecule has 14 heteroatoms. The van der Waals surface area contributed by atoms with Crippen molar-refractivity contribution in [2.24, 2.45) is 0 Å². The first kappa shape index (κ1) is 43.6. The van der Waals surface area contributed by atoms with Crippen LogP contribution in [0.15, 0.2) is 0 Å². The summed E-state index contributed by atoms with van der Waals surface area (Å²) in [7, 11) is -7.06. The summed E-state index contributed by atoms with van der Waals surface area (Å²) in [6, 6.07) is 5.88.